The number of aliphatic hydroxyl groups is 1. The number of hydrogen-bond donors (Lipinski definition) is 2. The van der Waals surface area contributed by atoms with Crippen LogP contribution >= 0.6 is 27.3 Å². The summed E-state index contributed by atoms with van der Waals surface area (Å²) in [4.78, 5) is 12.5. The third-order valence-corrected chi connectivity index (χ3v) is 4.05. The van der Waals surface area contributed by atoms with E-state index in [0.717, 1.165) is 10.2 Å². The predicted octanol–water partition coefficient (Wildman–Crippen LogP) is 2.41. The second-order valence-electron chi connectivity index (χ2n) is 3.69. The quantitative estimate of drug-likeness (QED) is 0.846. The van der Waals surface area contributed by atoms with Gasteiger partial charge >= 0.3 is 0 Å². The molecule has 0 saturated heterocycles. The molecule has 4 nitrogen and oxygen atoms in total. The lowest BCUT2D eigenvalue weighted by Gasteiger charge is -2.11. The minimum absolute atomic E-state index is 0.0570. The van der Waals surface area contributed by atoms with Crippen LogP contribution < -0.4 is 10.1 Å². The fourth-order valence-corrected chi connectivity index (χ4v) is 2.92. The van der Waals surface area contributed by atoms with E-state index in [4.69, 9.17) is 9.84 Å². The summed E-state index contributed by atoms with van der Waals surface area (Å²) < 4.78 is 5.91. The highest BCUT2D eigenvalue weighted by atomic mass is 79.9. The number of nitrogens with one attached hydrogen (secondary N) is 1. The fraction of sp³-hybridized carbons (Fsp3) is 0.545. The maximum absolute atomic E-state index is 11.9. The third kappa shape index (κ3) is 4.29. The van der Waals surface area contributed by atoms with Gasteiger partial charge in [0.15, 0.2) is 0 Å². The van der Waals surface area contributed by atoms with Gasteiger partial charge in [-0.15, -0.1) is 11.3 Å². The number of carbonyl (C=O) groups is 1. The van der Waals surface area contributed by atoms with Crippen LogP contribution in [0.4, 0.5) is 0 Å². The van der Waals surface area contributed by atoms with E-state index in [-0.39, 0.29) is 18.6 Å². The molecule has 0 aliphatic carbocycles. The second-order valence-corrected chi connectivity index (χ2v) is 6.06. The number of methoxy groups -OCH3 is 1. The Morgan fingerprint density at radius 2 is 2.41 bits per heavy atom. The van der Waals surface area contributed by atoms with E-state index < -0.39 is 0 Å². The maximum atomic E-state index is 11.9. The van der Waals surface area contributed by atoms with Crippen LogP contribution in [0.1, 0.15) is 29.4 Å². The molecule has 0 aliphatic rings. The Hall–Kier alpha value is -0.590. The van der Waals surface area contributed by atoms with Crippen LogP contribution in [0.3, 0.4) is 0 Å². The summed E-state index contributed by atoms with van der Waals surface area (Å²) in [6, 6.07) is 1.77. The monoisotopic (exact) mass is 321 g/mol. The van der Waals surface area contributed by atoms with E-state index in [0.29, 0.717) is 17.0 Å². The van der Waals surface area contributed by atoms with Gasteiger partial charge in [0.05, 0.1) is 12.0 Å². The smallest absolute Gasteiger partial charge is 0.261 e. The first kappa shape index (κ1) is 14.5. The van der Waals surface area contributed by atoms with Crippen LogP contribution in [0.25, 0.3) is 0 Å². The van der Waals surface area contributed by atoms with Crippen molar-refractivity contribution in [2.75, 3.05) is 13.7 Å². The lowest BCUT2D eigenvalue weighted by molar-refractivity contribution is 0.0940. The lowest BCUT2D eigenvalue weighted by Crippen LogP contribution is -2.32. The Kier molecular flexibility index (Phi) is 5.94. The van der Waals surface area contributed by atoms with Crippen LogP contribution in [0.5, 0.6) is 5.75 Å². The number of carbonyl (C=O) groups excluding carboxylic acids is 1. The molecule has 0 radical (unpaired) electrons. The molecular weight excluding hydrogens is 306 g/mol. The molecule has 1 amide bonds. The van der Waals surface area contributed by atoms with Crippen LogP contribution in [-0.4, -0.2) is 30.8 Å². The molecule has 2 N–H and O–H groups in total. The van der Waals surface area contributed by atoms with E-state index in [1.54, 1.807) is 13.2 Å². The van der Waals surface area contributed by atoms with Gasteiger partial charge in [0, 0.05) is 18.7 Å². The van der Waals surface area contributed by atoms with Crippen LogP contribution in [0, 0.1) is 0 Å². The van der Waals surface area contributed by atoms with E-state index in [2.05, 4.69) is 21.2 Å². The zero-order valence-corrected chi connectivity index (χ0v) is 12.2. The highest BCUT2D eigenvalue weighted by Crippen LogP contribution is 2.34. The van der Waals surface area contributed by atoms with Crippen LogP contribution in [0.2, 0.25) is 0 Å². The number of halogens is 1. The molecule has 0 aromatic carbocycles. The molecule has 1 atom stereocenters. The van der Waals surface area contributed by atoms with E-state index in [9.17, 15) is 4.79 Å². The Morgan fingerprint density at radius 3 is 2.94 bits per heavy atom. The SMILES string of the molecule is COc1cc(C(=O)NC(C)CCCO)sc1Br. The van der Waals surface area contributed by atoms with Crippen LogP contribution in [-0.2, 0) is 0 Å². The molecule has 1 aromatic rings. The van der Waals surface area contributed by atoms with Crippen molar-refractivity contribution in [3.05, 3.63) is 14.7 Å². The zero-order chi connectivity index (χ0) is 12.8. The van der Waals surface area contributed by atoms with Gasteiger partial charge in [-0.05, 0) is 35.7 Å². The summed E-state index contributed by atoms with van der Waals surface area (Å²) >= 11 is 4.68. The average Bonchev–Trinajstić information content (AvgIpc) is 2.68. The van der Waals surface area contributed by atoms with Crippen molar-refractivity contribution in [2.24, 2.45) is 0 Å². The standard InChI is InChI=1S/C11H16BrNO3S/c1-7(4-3-5-14)13-11(15)9-6-8(16-2)10(12)17-9/h6-7,14H,3-5H2,1-2H3,(H,13,15). The molecule has 1 aromatic heterocycles. The van der Waals surface area contributed by atoms with Crippen molar-refractivity contribution in [1.29, 1.82) is 0 Å². The summed E-state index contributed by atoms with van der Waals surface area (Å²) in [5.41, 5.74) is 0. The van der Waals surface area contributed by atoms with Crippen molar-refractivity contribution in [3.63, 3.8) is 0 Å². The first-order valence-electron chi connectivity index (χ1n) is 5.33. The van der Waals surface area contributed by atoms with Crippen molar-refractivity contribution in [2.45, 2.75) is 25.8 Å². The van der Waals surface area contributed by atoms with Crippen LogP contribution in [0.15, 0.2) is 9.85 Å². The van der Waals surface area contributed by atoms with Crippen molar-refractivity contribution < 1.29 is 14.6 Å². The minimum Gasteiger partial charge on any atom is -0.495 e. The molecule has 0 saturated carbocycles. The number of hydrogen-bond acceptors (Lipinski definition) is 4. The summed E-state index contributed by atoms with van der Waals surface area (Å²) in [6.45, 7) is 2.08. The molecule has 0 spiro atoms. The van der Waals surface area contributed by atoms with Gasteiger partial charge in [0.1, 0.15) is 9.54 Å². The normalized spacial score (nSPS) is 12.2. The van der Waals surface area contributed by atoms with Gasteiger partial charge < -0.3 is 15.2 Å². The summed E-state index contributed by atoms with van der Waals surface area (Å²) in [5, 5.41) is 11.6. The Morgan fingerprint density at radius 1 is 1.71 bits per heavy atom. The highest BCUT2D eigenvalue weighted by molar-refractivity contribution is 9.11. The van der Waals surface area contributed by atoms with Gasteiger partial charge in [-0.25, -0.2) is 0 Å². The van der Waals surface area contributed by atoms with Gasteiger partial charge in [-0.2, -0.15) is 0 Å². The number of aliphatic hydroxyl groups excluding tert-OH is 1. The van der Waals surface area contributed by atoms with E-state index in [1.165, 1.54) is 11.3 Å². The second kappa shape index (κ2) is 6.98. The summed E-state index contributed by atoms with van der Waals surface area (Å²) in [6.07, 6.45) is 1.46. The van der Waals surface area contributed by atoms with Gasteiger partial charge in [-0.1, -0.05) is 0 Å². The first-order valence-corrected chi connectivity index (χ1v) is 6.94. The third-order valence-electron chi connectivity index (χ3n) is 2.27. The Bertz CT molecular complexity index is 381. The Balaban J connectivity index is 2.57. The summed E-state index contributed by atoms with van der Waals surface area (Å²) in [7, 11) is 1.57. The highest BCUT2D eigenvalue weighted by Gasteiger charge is 2.15. The van der Waals surface area contributed by atoms with Gasteiger partial charge in [0.2, 0.25) is 0 Å². The van der Waals surface area contributed by atoms with E-state index >= 15 is 0 Å². The Labute approximate surface area is 113 Å². The molecular formula is C11H16BrNO3S. The molecule has 1 rings (SSSR count). The summed E-state index contributed by atoms with van der Waals surface area (Å²) in [5.74, 6) is 0.563. The first-order chi connectivity index (χ1) is 8.08. The number of ether oxygens (including phenoxy) is 1. The van der Waals surface area contributed by atoms with E-state index in [1.807, 2.05) is 6.92 Å². The van der Waals surface area contributed by atoms with Gasteiger partial charge in [0.25, 0.3) is 5.91 Å². The molecule has 1 unspecified atom stereocenters. The molecule has 6 heteroatoms. The molecule has 0 fully saturated rings. The fourth-order valence-electron chi connectivity index (χ4n) is 1.37. The zero-order valence-electron chi connectivity index (χ0n) is 9.83. The largest absolute Gasteiger partial charge is 0.495 e. The number of amides is 1. The lowest BCUT2D eigenvalue weighted by atomic mass is 10.2. The van der Waals surface area contributed by atoms with Crippen molar-refractivity contribution >= 4 is 33.2 Å². The van der Waals surface area contributed by atoms with Crippen molar-refractivity contribution in [3.8, 4) is 5.75 Å². The molecule has 96 valence electrons. The number of thiophene rings is 1. The molecule has 0 bridgehead atoms. The molecule has 17 heavy (non-hydrogen) atoms. The van der Waals surface area contributed by atoms with Gasteiger partial charge in [-0.3, -0.25) is 4.79 Å². The molecule has 0 aliphatic heterocycles. The predicted molar refractivity (Wildman–Crippen MR) is 71.8 cm³/mol. The molecule has 1 heterocycles. The number of rotatable bonds is 6. The maximum Gasteiger partial charge on any atom is 0.261 e. The average molecular weight is 322 g/mol. The minimum atomic E-state index is -0.107. The topological polar surface area (TPSA) is 58.6 Å². The van der Waals surface area contributed by atoms with Crippen molar-refractivity contribution in [1.82, 2.24) is 5.32 Å².